The van der Waals surface area contributed by atoms with Crippen molar-refractivity contribution in [2.75, 3.05) is 19.0 Å². The fourth-order valence-corrected chi connectivity index (χ4v) is 2.49. The lowest BCUT2D eigenvalue weighted by molar-refractivity contribution is -0.142. The number of benzene rings is 2. The number of rotatable bonds is 7. The third-order valence-corrected chi connectivity index (χ3v) is 3.97. The normalized spacial score (nSPS) is 10.4. The van der Waals surface area contributed by atoms with E-state index in [1.165, 1.54) is 18.1 Å². The first-order chi connectivity index (χ1) is 13.5. The molecule has 9 heteroatoms. The molecule has 144 valence electrons. The van der Waals surface area contributed by atoms with Gasteiger partial charge in [-0.1, -0.05) is 12.1 Å². The van der Waals surface area contributed by atoms with Crippen molar-refractivity contribution in [3.63, 3.8) is 0 Å². The predicted molar refractivity (Wildman–Crippen MR) is 100 cm³/mol. The zero-order valence-electron chi connectivity index (χ0n) is 15.5. The highest BCUT2D eigenvalue weighted by Crippen LogP contribution is 2.21. The number of amides is 1. The number of carbonyl (C=O) groups is 2. The molecule has 1 heterocycles. The molecule has 0 atom stereocenters. The maximum absolute atomic E-state index is 12.3. The first kappa shape index (κ1) is 19.0. The van der Waals surface area contributed by atoms with Gasteiger partial charge >= 0.3 is 5.97 Å². The molecule has 0 aliphatic rings. The van der Waals surface area contributed by atoms with Gasteiger partial charge in [0.1, 0.15) is 12.1 Å². The number of hydrogen-bond donors (Lipinski definition) is 1. The summed E-state index contributed by atoms with van der Waals surface area (Å²) in [7, 11) is 1.30. The first-order valence-corrected chi connectivity index (χ1v) is 8.47. The van der Waals surface area contributed by atoms with E-state index in [4.69, 9.17) is 4.74 Å². The zero-order chi connectivity index (χ0) is 19.9. The van der Waals surface area contributed by atoms with E-state index in [1.807, 2.05) is 31.2 Å². The summed E-state index contributed by atoms with van der Waals surface area (Å²) in [4.78, 5) is 23.5. The molecule has 1 amide bonds. The Morgan fingerprint density at radius 3 is 2.57 bits per heavy atom. The van der Waals surface area contributed by atoms with Gasteiger partial charge in [-0.15, -0.1) is 5.10 Å². The van der Waals surface area contributed by atoms with Crippen LogP contribution in [0.3, 0.4) is 0 Å². The summed E-state index contributed by atoms with van der Waals surface area (Å²) >= 11 is 0. The summed E-state index contributed by atoms with van der Waals surface area (Å²) in [5, 5.41) is 13.9. The topological polar surface area (TPSA) is 108 Å². The average Bonchev–Trinajstić information content (AvgIpc) is 3.23. The van der Waals surface area contributed by atoms with Crippen LogP contribution in [0.25, 0.3) is 5.69 Å². The van der Waals surface area contributed by atoms with E-state index in [9.17, 15) is 9.59 Å². The molecular weight excluding hydrogens is 362 g/mol. The second kappa shape index (κ2) is 8.76. The van der Waals surface area contributed by atoms with Crippen LogP contribution >= 0.6 is 0 Å². The fraction of sp³-hybridized carbons (Fsp3) is 0.211. The standard InChI is InChI=1S/C19H19N5O4/c1-13-9-16(28-11-19(26)27-2)7-8-17(13)21-18(25)10-14-3-5-15(6-4-14)24-12-20-22-23-24/h3-9,12H,10-11H2,1-2H3,(H,21,25). The van der Waals surface area contributed by atoms with Crippen molar-refractivity contribution in [2.45, 2.75) is 13.3 Å². The van der Waals surface area contributed by atoms with Gasteiger partial charge in [0.2, 0.25) is 5.91 Å². The molecule has 0 saturated carbocycles. The molecule has 28 heavy (non-hydrogen) atoms. The Morgan fingerprint density at radius 2 is 1.93 bits per heavy atom. The molecule has 0 spiro atoms. The quantitative estimate of drug-likeness (QED) is 0.621. The Bertz CT molecular complexity index is 955. The number of methoxy groups -OCH3 is 1. The number of esters is 1. The maximum atomic E-state index is 12.3. The highest BCUT2D eigenvalue weighted by Gasteiger charge is 2.09. The molecule has 2 aromatic carbocycles. The lowest BCUT2D eigenvalue weighted by atomic mass is 10.1. The van der Waals surface area contributed by atoms with Gasteiger partial charge in [0, 0.05) is 5.69 Å². The molecule has 1 aromatic heterocycles. The van der Waals surface area contributed by atoms with Crippen molar-refractivity contribution in [1.29, 1.82) is 0 Å². The number of aryl methyl sites for hydroxylation is 1. The van der Waals surface area contributed by atoms with E-state index in [2.05, 4.69) is 25.6 Å². The van der Waals surface area contributed by atoms with Gasteiger partial charge in [-0.25, -0.2) is 9.48 Å². The molecule has 0 unspecified atom stereocenters. The van der Waals surface area contributed by atoms with Crippen LogP contribution in [0.1, 0.15) is 11.1 Å². The molecular formula is C19H19N5O4. The Hall–Kier alpha value is -3.75. The molecule has 9 nitrogen and oxygen atoms in total. The molecule has 3 rings (SSSR count). The van der Waals surface area contributed by atoms with Crippen molar-refractivity contribution >= 4 is 17.6 Å². The minimum Gasteiger partial charge on any atom is -0.482 e. The number of nitrogens with zero attached hydrogens (tertiary/aromatic N) is 4. The van der Waals surface area contributed by atoms with E-state index >= 15 is 0 Å². The lowest BCUT2D eigenvalue weighted by Gasteiger charge is -2.11. The number of anilines is 1. The number of tetrazole rings is 1. The minimum absolute atomic E-state index is 0.137. The van der Waals surface area contributed by atoms with Crippen LogP contribution in [-0.4, -0.2) is 45.8 Å². The van der Waals surface area contributed by atoms with Gasteiger partial charge in [0.25, 0.3) is 0 Å². The van der Waals surface area contributed by atoms with E-state index in [0.29, 0.717) is 11.4 Å². The highest BCUT2D eigenvalue weighted by atomic mass is 16.6. The number of carbonyl (C=O) groups excluding carboxylic acids is 2. The monoisotopic (exact) mass is 381 g/mol. The molecule has 0 bridgehead atoms. The average molecular weight is 381 g/mol. The molecule has 0 fully saturated rings. The highest BCUT2D eigenvalue weighted by molar-refractivity contribution is 5.93. The second-order valence-electron chi connectivity index (χ2n) is 5.99. The summed E-state index contributed by atoms with van der Waals surface area (Å²) in [5.41, 5.74) is 3.18. The predicted octanol–water partition coefficient (Wildman–Crippen LogP) is 1.70. The van der Waals surface area contributed by atoms with Crippen LogP contribution in [-0.2, 0) is 20.7 Å². The van der Waals surface area contributed by atoms with Gasteiger partial charge in [-0.2, -0.15) is 0 Å². The zero-order valence-corrected chi connectivity index (χ0v) is 15.5. The molecule has 0 radical (unpaired) electrons. The van der Waals surface area contributed by atoms with Crippen molar-refractivity contribution < 1.29 is 19.1 Å². The molecule has 0 aliphatic carbocycles. The van der Waals surface area contributed by atoms with Gasteiger partial charge in [0.05, 0.1) is 19.2 Å². The smallest absolute Gasteiger partial charge is 0.343 e. The van der Waals surface area contributed by atoms with Gasteiger partial charge < -0.3 is 14.8 Å². The van der Waals surface area contributed by atoms with Gasteiger partial charge in [-0.3, -0.25) is 4.79 Å². The van der Waals surface area contributed by atoms with Crippen LogP contribution < -0.4 is 10.1 Å². The van der Waals surface area contributed by atoms with Crippen LogP contribution in [0.4, 0.5) is 5.69 Å². The summed E-state index contributed by atoms with van der Waals surface area (Å²) in [6.07, 6.45) is 1.74. The van der Waals surface area contributed by atoms with Crippen molar-refractivity contribution in [3.8, 4) is 11.4 Å². The Kier molecular flexibility index (Phi) is 5.95. The number of nitrogens with one attached hydrogen (secondary N) is 1. The number of aromatic nitrogens is 4. The van der Waals surface area contributed by atoms with Crippen LogP contribution in [0, 0.1) is 6.92 Å². The minimum atomic E-state index is -0.457. The lowest BCUT2D eigenvalue weighted by Crippen LogP contribution is -2.15. The summed E-state index contributed by atoms with van der Waals surface area (Å²) in [5.74, 6) is -0.0678. The van der Waals surface area contributed by atoms with Crippen LogP contribution in [0.15, 0.2) is 48.8 Å². The molecule has 0 aliphatic heterocycles. The summed E-state index contributed by atoms with van der Waals surface area (Å²) in [6, 6.07) is 12.6. The number of hydrogen-bond acceptors (Lipinski definition) is 7. The van der Waals surface area contributed by atoms with E-state index < -0.39 is 5.97 Å². The molecule has 3 aromatic rings. The van der Waals surface area contributed by atoms with E-state index in [0.717, 1.165) is 16.8 Å². The third kappa shape index (κ3) is 4.91. The molecule has 0 saturated heterocycles. The maximum Gasteiger partial charge on any atom is 0.343 e. The SMILES string of the molecule is COC(=O)COc1ccc(NC(=O)Cc2ccc(-n3cnnn3)cc2)c(C)c1. The van der Waals surface area contributed by atoms with E-state index in [1.54, 1.807) is 18.2 Å². The fourth-order valence-electron chi connectivity index (χ4n) is 2.49. The van der Waals surface area contributed by atoms with Crippen LogP contribution in [0.2, 0.25) is 0 Å². The summed E-state index contributed by atoms with van der Waals surface area (Å²) in [6.45, 7) is 1.68. The Morgan fingerprint density at radius 1 is 1.14 bits per heavy atom. The van der Waals surface area contributed by atoms with E-state index in [-0.39, 0.29) is 18.9 Å². The van der Waals surface area contributed by atoms with Crippen molar-refractivity contribution in [1.82, 2.24) is 20.2 Å². The van der Waals surface area contributed by atoms with Crippen LogP contribution in [0.5, 0.6) is 5.75 Å². The van der Waals surface area contributed by atoms with Gasteiger partial charge in [-0.05, 0) is 58.8 Å². The first-order valence-electron chi connectivity index (χ1n) is 8.47. The second-order valence-corrected chi connectivity index (χ2v) is 5.99. The third-order valence-electron chi connectivity index (χ3n) is 3.97. The molecule has 1 N–H and O–H groups in total. The Balaban J connectivity index is 1.57. The van der Waals surface area contributed by atoms with Crippen molar-refractivity contribution in [3.05, 3.63) is 59.9 Å². The number of ether oxygens (including phenoxy) is 2. The summed E-state index contributed by atoms with van der Waals surface area (Å²) < 4.78 is 11.4. The Labute approximate surface area is 161 Å². The largest absolute Gasteiger partial charge is 0.482 e. The van der Waals surface area contributed by atoms with Gasteiger partial charge in [0.15, 0.2) is 6.61 Å². The van der Waals surface area contributed by atoms with Crippen molar-refractivity contribution in [2.24, 2.45) is 0 Å².